The first-order valence-corrected chi connectivity index (χ1v) is 29.8. The third-order valence-corrected chi connectivity index (χ3v) is 16.6. The van der Waals surface area contributed by atoms with Gasteiger partial charge >= 0.3 is 30.2 Å². The number of methoxy groups -OCH3 is 7. The maximum absolute atomic E-state index is 14.3. The number of halogens is 7. The van der Waals surface area contributed by atoms with Crippen molar-refractivity contribution in [1.29, 1.82) is 0 Å². The molecule has 100 heavy (non-hydrogen) atoms. The zero-order valence-corrected chi connectivity index (χ0v) is 55.0. The van der Waals surface area contributed by atoms with E-state index in [1.165, 1.54) is 48.2 Å². The lowest BCUT2D eigenvalue weighted by atomic mass is 9.94. The number of phenols is 1. The SMILES string of the molecule is C#C[C@](CN1Cc2ccc(OC)cc2C1=O)(NC(=O)OC)C(=O)OC.COC(=O)N[C@](CN1Cc2ccc(OC)cc2C1=O)(C(=O)OC)c1cc2cc(F)cc(F)c2o1.COc1ccc2c(c1)C(=O)N(C[C@@]1(c3cc4cc(F)cc(F)c4o3)NC(=O)NC1=O)C2.Oc1c(F)cc(F)cc1Br. The summed E-state index contributed by atoms with van der Waals surface area (Å²) >= 11 is 2.77. The van der Waals surface area contributed by atoms with Gasteiger partial charge in [0.25, 0.3) is 23.6 Å². The number of ether oxygens (including phenoxy) is 7. The molecule has 8 aromatic rings. The van der Waals surface area contributed by atoms with Gasteiger partial charge in [-0.25, -0.2) is 50.3 Å². The summed E-state index contributed by atoms with van der Waals surface area (Å²) < 4.78 is 126. The molecule has 4 aliphatic rings. The van der Waals surface area contributed by atoms with E-state index >= 15 is 0 Å². The predicted octanol–water partition coefficient (Wildman–Crippen LogP) is 8.50. The number of terminal acetylenes is 1. The smallest absolute Gasteiger partial charge is 0.408 e. The molecule has 0 aliphatic carbocycles. The van der Waals surface area contributed by atoms with E-state index in [0.717, 1.165) is 57.8 Å². The minimum atomic E-state index is -2.13. The van der Waals surface area contributed by atoms with Crippen LogP contribution >= 0.6 is 15.9 Å². The number of phenolic OH excluding ortho intramolecular Hbond substituents is 1. The molecule has 0 radical (unpaired) electrons. The van der Waals surface area contributed by atoms with Crippen LogP contribution in [-0.4, -0.2) is 149 Å². The number of esters is 2. The molecule has 26 nitrogen and oxygen atoms in total. The molecule has 0 bridgehead atoms. The third kappa shape index (κ3) is 14.4. The number of imide groups is 1. The fourth-order valence-electron chi connectivity index (χ4n) is 11.1. The predicted molar refractivity (Wildman–Crippen MR) is 338 cm³/mol. The van der Waals surface area contributed by atoms with Crippen LogP contribution in [0, 0.1) is 47.2 Å². The van der Waals surface area contributed by atoms with Gasteiger partial charge < -0.3 is 67.1 Å². The molecule has 4 aliphatic heterocycles. The Balaban J connectivity index is 0.000000165. The number of hydrogen-bond donors (Lipinski definition) is 5. The zero-order chi connectivity index (χ0) is 72.9. The Morgan fingerprint density at radius 3 is 1.49 bits per heavy atom. The minimum Gasteiger partial charge on any atom is -0.504 e. The first-order chi connectivity index (χ1) is 47.5. The van der Waals surface area contributed by atoms with Crippen LogP contribution in [0.15, 0.2) is 116 Å². The van der Waals surface area contributed by atoms with Gasteiger partial charge in [-0.05, 0) is 99.4 Å². The van der Waals surface area contributed by atoms with Gasteiger partial charge in [0.15, 0.2) is 39.9 Å². The van der Waals surface area contributed by atoms with E-state index in [2.05, 4.69) is 52.6 Å². The number of alkyl carbamates (subject to hydrolysis) is 2. The topological polar surface area (TPSA) is 323 Å². The highest BCUT2D eigenvalue weighted by molar-refractivity contribution is 9.10. The van der Waals surface area contributed by atoms with Crippen LogP contribution in [0.1, 0.15) is 59.3 Å². The fourth-order valence-corrected chi connectivity index (χ4v) is 11.5. The number of hydrogen-bond acceptors (Lipinski definition) is 19. The van der Waals surface area contributed by atoms with Crippen molar-refractivity contribution >= 4 is 91.7 Å². The van der Waals surface area contributed by atoms with Crippen molar-refractivity contribution in [3.8, 4) is 35.3 Å². The number of benzene rings is 6. The molecule has 5 N–H and O–H groups in total. The number of fused-ring (bicyclic) bond motifs is 5. The summed E-state index contributed by atoms with van der Waals surface area (Å²) in [5.41, 5.74) is -3.01. The number of carbonyl (C=O) groups excluding carboxylic acids is 9. The summed E-state index contributed by atoms with van der Waals surface area (Å²) in [6, 6.07) is 21.7. The van der Waals surface area contributed by atoms with E-state index in [9.17, 15) is 69.5 Å². The molecule has 3 atom stereocenters. The summed E-state index contributed by atoms with van der Waals surface area (Å²) in [6.45, 7) is -0.462. The molecule has 6 aromatic carbocycles. The number of aromatic hydroxyl groups is 1. The van der Waals surface area contributed by atoms with Crippen LogP contribution in [0.5, 0.6) is 23.0 Å². The van der Waals surface area contributed by atoms with E-state index in [1.807, 2.05) is 0 Å². The Morgan fingerprint density at radius 1 is 0.580 bits per heavy atom. The first kappa shape index (κ1) is 72.3. The number of carbonyl (C=O) groups is 9. The monoisotopic (exact) mass is 1460 g/mol. The molecule has 522 valence electrons. The highest BCUT2D eigenvalue weighted by Crippen LogP contribution is 2.39. The molecule has 0 spiro atoms. The molecular weight excluding hydrogens is 1400 g/mol. The molecule has 0 unspecified atom stereocenters. The Morgan fingerprint density at radius 2 is 1.03 bits per heavy atom. The largest absolute Gasteiger partial charge is 0.504 e. The normalized spacial score (nSPS) is 15.9. The summed E-state index contributed by atoms with van der Waals surface area (Å²) in [5, 5.41) is 18.1. The summed E-state index contributed by atoms with van der Waals surface area (Å²) in [4.78, 5) is 117. The minimum absolute atomic E-state index is 0.00761. The second-order valence-corrected chi connectivity index (χ2v) is 22.9. The summed E-state index contributed by atoms with van der Waals surface area (Å²) in [5.74, 6) is -6.32. The van der Waals surface area contributed by atoms with Crippen LogP contribution in [0.3, 0.4) is 0 Å². The molecule has 0 saturated carbocycles. The Labute approximate surface area is 570 Å². The summed E-state index contributed by atoms with van der Waals surface area (Å²) in [6.07, 6.45) is 3.54. The van der Waals surface area contributed by atoms with Crippen molar-refractivity contribution < 1.29 is 117 Å². The van der Waals surface area contributed by atoms with Gasteiger partial charge in [-0.15, -0.1) is 6.42 Å². The van der Waals surface area contributed by atoms with Crippen molar-refractivity contribution in [3.63, 3.8) is 0 Å². The zero-order valence-electron chi connectivity index (χ0n) is 53.4. The number of amides is 8. The van der Waals surface area contributed by atoms with Gasteiger partial charge in [0, 0.05) is 65.3 Å². The maximum atomic E-state index is 14.3. The molecule has 33 heteroatoms. The molecule has 6 heterocycles. The van der Waals surface area contributed by atoms with Crippen LogP contribution in [0.25, 0.3) is 21.9 Å². The van der Waals surface area contributed by atoms with Crippen LogP contribution in [-0.2, 0) is 64.0 Å². The Kier molecular flexibility index (Phi) is 21.3. The molecular formula is C67H56BrF6N7O19. The van der Waals surface area contributed by atoms with Gasteiger partial charge in [-0.1, -0.05) is 24.1 Å². The van der Waals surface area contributed by atoms with Crippen molar-refractivity contribution in [1.82, 2.24) is 36.0 Å². The Bertz CT molecular complexity index is 4680. The number of rotatable bonds is 15. The first-order valence-electron chi connectivity index (χ1n) is 29.0. The second-order valence-electron chi connectivity index (χ2n) is 22.1. The van der Waals surface area contributed by atoms with E-state index in [0.29, 0.717) is 57.7 Å². The van der Waals surface area contributed by atoms with Crippen LogP contribution in [0.4, 0.5) is 40.7 Å². The third-order valence-electron chi connectivity index (χ3n) is 16.0. The quantitative estimate of drug-likeness (QED) is 0.0211. The molecule has 8 amide bonds. The summed E-state index contributed by atoms with van der Waals surface area (Å²) in [7, 11) is 8.87. The van der Waals surface area contributed by atoms with Gasteiger partial charge in [0.05, 0.1) is 73.9 Å². The second kappa shape index (κ2) is 29.4. The van der Waals surface area contributed by atoms with Crippen molar-refractivity contribution in [2.75, 3.05) is 69.4 Å². The standard InChI is InChI=1S/C23H20F2N2O7.C21H15F2N3O5.C17H18N2O6.C6H3BrF2O/c1-31-15-5-4-12-10-27(20(28)16(12)9-15)11-23(21(29)32-2,26-22(30)33-3)18-7-13-6-14(24)8-17(25)19(13)34-18;1-30-13-3-2-10-8-26(18(27)14(10)7-13)9-21(19(28)24-20(29)25-21)16-5-11-4-12(22)6-15(23)17(11)31-16;1-5-17(15(21)24-3,18-16(22)25-4)10-19-9-11-6-7-12(23-2)8-13(11)14(19)20;7-4-1-3(8)2-5(9)6(4)10/h4-9H,10-11H2,1-3H3,(H,26,30);2-7H,8-9H2,1H3,(H2,24,25,28,29);1,6-8H,9-10H2,2-4H3,(H,18,22);1-2,10H/t23-;21-;17-;/m001./s1. The van der Waals surface area contributed by atoms with Gasteiger partial charge in [-0.2, -0.15) is 0 Å². The molecule has 1 saturated heterocycles. The number of nitrogens with one attached hydrogen (secondary N) is 4. The number of furan rings is 2. The highest BCUT2D eigenvalue weighted by Gasteiger charge is 2.54. The average molecular weight is 1460 g/mol. The number of nitrogens with zero attached hydrogens (tertiary/aromatic N) is 3. The lowest BCUT2D eigenvalue weighted by Gasteiger charge is -2.33. The van der Waals surface area contributed by atoms with Crippen molar-refractivity contribution in [2.45, 2.75) is 36.3 Å². The molecule has 12 rings (SSSR count). The van der Waals surface area contributed by atoms with E-state index < -0.39 is 106 Å². The molecule has 2 aromatic heterocycles. The van der Waals surface area contributed by atoms with Crippen LogP contribution < -0.4 is 35.5 Å². The highest BCUT2D eigenvalue weighted by atomic mass is 79.9. The average Bonchev–Trinajstić information content (AvgIpc) is 1.59. The van der Waals surface area contributed by atoms with E-state index in [1.54, 1.807) is 54.6 Å². The number of urea groups is 1. The fraction of sp³-hybridized carbons (Fsp3) is 0.239. The lowest BCUT2D eigenvalue weighted by Crippen LogP contribution is -2.60. The van der Waals surface area contributed by atoms with Crippen molar-refractivity contribution in [3.05, 3.63) is 187 Å². The molecule has 1 fully saturated rings. The maximum Gasteiger partial charge on any atom is 0.408 e. The van der Waals surface area contributed by atoms with Gasteiger partial charge in [-0.3, -0.25) is 35.1 Å². The van der Waals surface area contributed by atoms with Gasteiger partial charge in [0.2, 0.25) is 11.1 Å². The van der Waals surface area contributed by atoms with Crippen molar-refractivity contribution in [2.24, 2.45) is 0 Å². The van der Waals surface area contributed by atoms with Crippen LogP contribution in [0.2, 0.25) is 0 Å². The lowest BCUT2D eigenvalue weighted by molar-refractivity contribution is -0.150. The van der Waals surface area contributed by atoms with E-state index in [4.69, 9.17) is 44.0 Å². The Hall–Kier alpha value is -12.0. The van der Waals surface area contributed by atoms with Gasteiger partial charge in [0.1, 0.15) is 46.2 Å². The van der Waals surface area contributed by atoms with E-state index in [-0.39, 0.29) is 82.5 Å².